The Labute approximate surface area is 160 Å². The van der Waals surface area contributed by atoms with Crippen molar-refractivity contribution in [2.75, 3.05) is 11.9 Å². The van der Waals surface area contributed by atoms with E-state index in [1.165, 1.54) is 0 Å². The highest BCUT2D eigenvalue weighted by atomic mass is 32.1. The molecule has 1 amide bonds. The molecule has 0 atom stereocenters. The molecular weight excluding hydrogens is 358 g/mol. The number of rotatable bonds is 5. The minimum atomic E-state index is -0.253. The maximum atomic E-state index is 12.1. The fourth-order valence-electron chi connectivity index (χ4n) is 2.62. The summed E-state index contributed by atoms with van der Waals surface area (Å²) in [6.07, 6.45) is 1.72. The summed E-state index contributed by atoms with van der Waals surface area (Å²) in [4.78, 5) is 21.0. The van der Waals surface area contributed by atoms with Crippen molar-refractivity contribution >= 4 is 33.3 Å². The highest BCUT2D eigenvalue weighted by Gasteiger charge is 2.08. The molecule has 0 spiro atoms. The molecule has 2 aromatic carbocycles. The number of thiazole rings is 1. The SMILES string of the molecule is Cc1cccc(OCC(=O)Nc2ccc(-c3nc4ccccc4s3)cn2)c1. The molecule has 1 N–H and O–H groups in total. The molecule has 0 aliphatic heterocycles. The van der Waals surface area contributed by atoms with E-state index in [0.717, 1.165) is 26.4 Å². The molecule has 5 nitrogen and oxygen atoms in total. The van der Waals surface area contributed by atoms with Crippen molar-refractivity contribution in [1.82, 2.24) is 9.97 Å². The largest absolute Gasteiger partial charge is 0.484 e. The van der Waals surface area contributed by atoms with Crippen molar-refractivity contribution in [3.05, 3.63) is 72.4 Å². The summed E-state index contributed by atoms with van der Waals surface area (Å²) in [6.45, 7) is 1.91. The van der Waals surface area contributed by atoms with Gasteiger partial charge in [-0.1, -0.05) is 24.3 Å². The first kappa shape index (κ1) is 17.2. The fraction of sp³-hybridized carbons (Fsp3) is 0.0952. The number of aryl methyl sites for hydroxylation is 1. The van der Waals surface area contributed by atoms with Gasteiger partial charge in [-0.25, -0.2) is 9.97 Å². The van der Waals surface area contributed by atoms with Gasteiger partial charge in [-0.3, -0.25) is 4.79 Å². The molecule has 0 unspecified atom stereocenters. The number of nitrogens with zero attached hydrogens (tertiary/aromatic N) is 2. The molecule has 0 aliphatic carbocycles. The van der Waals surface area contributed by atoms with Crippen LogP contribution in [0, 0.1) is 6.92 Å². The zero-order chi connectivity index (χ0) is 18.6. The van der Waals surface area contributed by atoms with Crippen LogP contribution >= 0.6 is 11.3 Å². The van der Waals surface area contributed by atoms with E-state index in [9.17, 15) is 4.79 Å². The summed E-state index contributed by atoms with van der Waals surface area (Å²) >= 11 is 1.62. The number of carbonyl (C=O) groups is 1. The number of hydrogen-bond donors (Lipinski definition) is 1. The number of para-hydroxylation sites is 1. The van der Waals surface area contributed by atoms with E-state index in [4.69, 9.17) is 4.74 Å². The lowest BCUT2D eigenvalue weighted by Crippen LogP contribution is -2.20. The first-order valence-electron chi connectivity index (χ1n) is 8.49. The molecule has 4 aromatic rings. The quantitative estimate of drug-likeness (QED) is 0.550. The second-order valence-electron chi connectivity index (χ2n) is 6.07. The molecule has 134 valence electrons. The molecule has 2 heterocycles. The number of aromatic nitrogens is 2. The molecule has 0 aliphatic rings. The minimum Gasteiger partial charge on any atom is -0.484 e. The average Bonchev–Trinajstić information content (AvgIpc) is 3.11. The number of carbonyl (C=O) groups excluding carboxylic acids is 1. The number of nitrogens with one attached hydrogen (secondary N) is 1. The third-order valence-electron chi connectivity index (χ3n) is 3.93. The summed E-state index contributed by atoms with van der Waals surface area (Å²) < 4.78 is 6.64. The number of anilines is 1. The molecule has 0 fully saturated rings. The van der Waals surface area contributed by atoms with Crippen LogP contribution < -0.4 is 10.1 Å². The molecule has 0 saturated carbocycles. The molecule has 0 saturated heterocycles. The van der Waals surface area contributed by atoms with Gasteiger partial charge < -0.3 is 10.1 Å². The zero-order valence-electron chi connectivity index (χ0n) is 14.7. The number of ether oxygens (including phenoxy) is 1. The highest BCUT2D eigenvalue weighted by Crippen LogP contribution is 2.29. The lowest BCUT2D eigenvalue weighted by molar-refractivity contribution is -0.118. The Kier molecular flexibility index (Phi) is 4.80. The molecule has 0 radical (unpaired) electrons. The first-order chi connectivity index (χ1) is 13.2. The number of pyridine rings is 1. The van der Waals surface area contributed by atoms with E-state index in [1.807, 2.05) is 61.5 Å². The van der Waals surface area contributed by atoms with Crippen LogP contribution in [0.2, 0.25) is 0 Å². The van der Waals surface area contributed by atoms with Gasteiger partial charge in [0.25, 0.3) is 5.91 Å². The number of fused-ring (bicyclic) bond motifs is 1. The van der Waals surface area contributed by atoms with Gasteiger partial charge in [-0.15, -0.1) is 11.3 Å². The van der Waals surface area contributed by atoms with E-state index in [0.29, 0.717) is 11.6 Å². The van der Waals surface area contributed by atoms with Crippen molar-refractivity contribution in [2.24, 2.45) is 0 Å². The summed E-state index contributed by atoms with van der Waals surface area (Å²) in [5, 5.41) is 3.65. The molecular formula is C21H17N3O2S. The number of hydrogen-bond acceptors (Lipinski definition) is 5. The standard InChI is InChI=1S/C21H17N3O2S/c1-14-5-4-6-16(11-14)26-13-20(25)24-19-10-9-15(12-22-19)21-23-17-7-2-3-8-18(17)27-21/h2-12H,13H2,1H3,(H,22,24,25). The van der Waals surface area contributed by atoms with Gasteiger partial charge in [0.2, 0.25) is 0 Å². The van der Waals surface area contributed by atoms with Gasteiger partial charge >= 0.3 is 0 Å². The van der Waals surface area contributed by atoms with E-state index in [2.05, 4.69) is 15.3 Å². The second-order valence-corrected chi connectivity index (χ2v) is 7.10. The van der Waals surface area contributed by atoms with Crippen LogP contribution in [0.1, 0.15) is 5.56 Å². The van der Waals surface area contributed by atoms with Crippen LogP contribution in [0.15, 0.2) is 66.9 Å². The zero-order valence-corrected chi connectivity index (χ0v) is 15.5. The van der Waals surface area contributed by atoms with Crippen molar-refractivity contribution in [3.63, 3.8) is 0 Å². The van der Waals surface area contributed by atoms with Crippen molar-refractivity contribution in [3.8, 4) is 16.3 Å². The molecule has 4 rings (SSSR count). The molecule has 2 aromatic heterocycles. The average molecular weight is 375 g/mol. The van der Waals surface area contributed by atoms with E-state index < -0.39 is 0 Å². The van der Waals surface area contributed by atoms with Gasteiger partial charge in [0.1, 0.15) is 16.6 Å². The van der Waals surface area contributed by atoms with Gasteiger partial charge in [0.05, 0.1) is 10.2 Å². The van der Waals surface area contributed by atoms with Gasteiger partial charge in [0.15, 0.2) is 6.61 Å². The second kappa shape index (κ2) is 7.55. The highest BCUT2D eigenvalue weighted by molar-refractivity contribution is 7.21. The van der Waals surface area contributed by atoms with E-state index in [-0.39, 0.29) is 12.5 Å². The number of benzene rings is 2. The predicted octanol–water partition coefficient (Wildman–Crippen LogP) is 4.68. The Morgan fingerprint density at radius 1 is 1.11 bits per heavy atom. The predicted molar refractivity (Wildman–Crippen MR) is 108 cm³/mol. The third kappa shape index (κ3) is 4.12. The molecule has 6 heteroatoms. The van der Waals surface area contributed by atoms with Crippen molar-refractivity contribution < 1.29 is 9.53 Å². The lowest BCUT2D eigenvalue weighted by atomic mass is 10.2. The molecule has 0 bridgehead atoms. The summed E-state index contributed by atoms with van der Waals surface area (Å²) in [7, 11) is 0. The van der Waals surface area contributed by atoms with Crippen LogP contribution in [-0.2, 0) is 4.79 Å². The Morgan fingerprint density at radius 2 is 2.00 bits per heavy atom. The first-order valence-corrected chi connectivity index (χ1v) is 9.30. The Bertz CT molecular complexity index is 1060. The lowest BCUT2D eigenvalue weighted by Gasteiger charge is -2.07. The van der Waals surface area contributed by atoms with Crippen LogP contribution in [0.5, 0.6) is 5.75 Å². The minimum absolute atomic E-state index is 0.0647. The maximum Gasteiger partial charge on any atom is 0.263 e. The van der Waals surface area contributed by atoms with Crippen LogP contribution in [-0.4, -0.2) is 22.5 Å². The van der Waals surface area contributed by atoms with E-state index in [1.54, 1.807) is 23.6 Å². The van der Waals surface area contributed by atoms with Crippen molar-refractivity contribution in [1.29, 1.82) is 0 Å². The normalized spacial score (nSPS) is 10.7. The van der Waals surface area contributed by atoms with E-state index >= 15 is 0 Å². The summed E-state index contributed by atoms with van der Waals surface area (Å²) in [6, 6.07) is 19.3. The fourth-order valence-corrected chi connectivity index (χ4v) is 3.58. The van der Waals surface area contributed by atoms with Gasteiger partial charge in [-0.05, 0) is 48.9 Å². The van der Waals surface area contributed by atoms with Crippen LogP contribution in [0.3, 0.4) is 0 Å². The van der Waals surface area contributed by atoms with Crippen molar-refractivity contribution in [2.45, 2.75) is 6.92 Å². The molecule has 27 heavy (non-hydrogen) atoms. The Balaban J connectivity index is 1.39. The Hall–Kier alpha value is -3.25. The third-order valence-corrected chi connectivity index (χ3v) is 5.02. The smallest absolute Gasteiger partial charge is 0.263 e. The Morgan fingerprint density at radius 3 is 2.78 bits per heavy atom. The maximum absolute atomic E-state index is 12.1. The van der Waals surface area contributed by atoms with Crippen LogP contribution in [0.4, 0.5) is 5.82 Å². The monoisotopic (exact) mass is 375 g/mol. The summed E-state index contributed by atoms with van der Waals surface area (Å²) in [5.41, 5.74) is 2.98. The topological polar surface area (TPSA) is 64.1 Å². The van der Waals surface area contributed by atoms with Gasteiger partial charge in [0, 0.05) is 11.8 Å². The van der Waals surface area contributed by atoms with Crippen LogP contribution in [0.25, 0.3) is 20.8 Å². The number of amides is 1. The van der Waals surface area contributed by atoms with Gasteiger partial charge in [-0.2, -0.15) is 0 Å². The summed E-state index contributed by atoms with van der Waals surface area (Å²) in [5.74, 6) is 0.902.